The van der Waals surface area contributed by atoms with Crippen molar-refractivity contribution in [3.8, 4) is 0 Å². The highest BCUT2D eigenvalue weighted by atomic mass is 14.9. The topological polar surface area (TPSA) is 24.9 Å². The minimum atomic E-state index is 0.496. The molecule has 1 fully saturated rings. The van der Waals surface area contributed by atoms with E-state index in [-0.39, 0.29) is 0 Å². The normalized spacial score (nSPS) is 26.9. The lowest BCUT2D eigenvalue weighted by molar-refractivity contribution is 0.305. The first-order valence-electron chi connectivity index (χ1n) is 6.46. The van der Waals surface area contributed by atoms with Crippen LogP contribution < -0.4 is 5.32 Å². The zero-order valence-electron chi connectivity index (χ0n) is 10.3. The van der Waals surface area contributed by atoms with Crippen LogP contribution in [-0.4, -0.2) is 11.5 Å². The maximum atomic E-state index is 4.24. The molecule has 1 aromatic rings. The molecule has 3 atom stereocenters. The van der Waals surface area contributed by atoms with E-state index in [4.69, 9.17) is 0 Å². The molecule has 88 valence electrons. The van der Waals surface area contributed by atoms with E-state index in [2.05, 4.69) is 30.2 Å². The summed E-state index contributed by atoms with van der Waals surface area (Å²) >= 11 is 0. The van der Waals surface area contributed by atoms with Gasteiger partial charge in [-0.15, -0.1) is 0 Å². The van der Waals surface area contributed by atoms with Crippen LogP contribution in [0.25, 0.3) is 0 Å². The summed E-state index contributed by atoms with van der Waals surface area (Å²) in [6.07, 6.45) is 7.98. The molecule has 0 radical (unpaired) electrons. The number of hydrogen-bond donors (Lipinski definition) is 1. The van der Waals surface area contributed by atoms with E-state index in [1.807, 2.05) is 18.5 Å². The van der Waals surface area contributed by atoms with Crippen LogP contribution in [0.4, 0.5) is 0 Å². The highest BCUT2D eigenvalue weighted by molar-refractivity contribution is 5.15. The average molecular weight is 218 g/mol. The molecule has 2 rings (SSSR count). The molecule has 1 N–H and O–H groups in total. The van der Waals surface area contributed by atoms with Crippen LogP contribution >= 0.6 is 0 Å². The number of hydrogen-bond acceptors (Lipinski definition) is 2. The van der Waals surface area contributed by atoms with Gasteiger partial charge in [0.1, 0.15) is 0 Å². The number of nitrogens with zero attached hydrogens (tertiary/aromatic N) is 1. The van der Waals surface area contributed by atoms with Gasteiger partial charge in [0, 0.05) is 18.4 Å². The fourth-order valence-corrected chi connectivity index (χ4v) is 2.97. The average Bonchev–Trinajstić information content (AvgIpc) is 2.73. The SMILES string of the molecule is CCNC(c1cccnc1)C1CCCC1C. The Bertz CT molecular complexity index is 310. The first kappa shape index (κ1) is 11.6. The molecule has 0 spiro atoms. The van der Waals surface area contributed by atoms with Gasteiger partial charge in [0.2, 0.25) is 0 Å². The summed E-state index contributed by atoms with van der Waals surface area (Å²) in [5, 5.41) is 3.63. The minimum absolute atomic E-state index is 0.496. The molecule has 16 heavy (non-hydrogen) atoms. The molecular weight excluding hydrogens is 196 g/mol. The van der Waals surface area contributed by atoms with Gasteiger partial charge in [-0.05, 0) is 36.4 Å². The van der Waals surface area contributed by atoms with Crippen molar-refractivity contribution in [1.29, 1.82) is 0 Å². The summed E-state index contributed by atoms with van der Waals surface area (Å²) in [6, 6.07) is 4.74. The van der Waals surface area contributed by atoms with E-state index in [1.165, 1.54) is 24.8 Å². The van der Waals surface area contributed by atoms with Crippen molar-refractivity contribution < 1.29 is 0 Å². The predicted octanol–water partition coefficient (Wildman–Crippen LogP) is 3.17. The largest absolute Gasteiger partial charge is 0.310 e. The quantitative estimate of drug-likeness (QED) is 0.839. The van der Waals surface area contributed by atoms with Crippen LogP contribution in [0.2, 0.25) is 0 Å². The number of rotatable bonds is 4. The van der Waals surface area contributed by atoms with Crippen molar-refractivity contribution in [1.82, 2.24) is 10.3 Å². The maximum Gasteiger partial charge on any atom is 0.0366 e. The first-order valence-corrected chi connectivity index (χ1v) is 6.46. The van der Waals surface area contributed by atoms with Gasteiger partial charge in [-0.25, -0.2) is 0 Å². The molecule has 0 aliphatic heterocycles. The number of pyridine rings is 1. The molecule has 2 nitrogen and oxygen atoms in total. The van der Waals surface area contributed by atoms with Crippen LogP contribution in [0.15, 0.2) is 24.5 Å². The van der Waals surface area contributed by atoms with Crippen LogP contribution in [0.5, 0.6) is 0 Å². The second-order valence-corrected chi connectivity index (χ2v) is 4.89. The van der Waals surface area contributed by atoms with Gasteiger partial charge < -0.3 is 5.32 Å². The van der Waals surface area contributed by atoms with E-state index in [0.29, 0.717) is 6.04 Å². The Morgan fingerprint density at radius 1 is 1.50 bits per heavy atom. The van der Waals surface area contributed by atoms with Crippen LogP contribution in [0.1, 0.15) is 44.7 Å². The standard InChI is InChI=1S/C14H22N2/c1-3-16-14(12-7-5-9-15-10-12)13-8-4-6-11(13)2/h5,7,9-11,13-14,16H,3-4,6,8H2,1-2H3. The third kappa shape index (κ3) is 2.43. The summed E-state index contributed by atoms with van der Waals surface area (Å²) in [7, 11) is 0. The van der Waals surface area contributed by atoms with Crippen molar-refractivity contribution in [3.05, 3.63) is 30.1 Å². The van der Waals surface area contributed by atoms with Gasteiger partial charge in [-0.1, -0.05) is 32.8 Å². The van der Waals surface area contributed by atoms with Gasteiger partial charge in [0.05, 0.1) is 0 Å². The molecule has 0 saturated heterocycles. The van der Waals surface area contributed by atoms with Gasteiger partial charge >= 0.3 is 0 Å². The van der Waals surface area contributed by atoms with E-state index in [1.54, 1.807) is 0 Å². The molecular formula is C14H22N2. The maximum absolute atomic E-state index is 4.24. The number of aromatic nitrogens is 1. The third-order valence-corrected chi connectivity index (χ3v) is 3.82. The lowest BCUT2D eigenvalue weighted by Gasteiger charge is -2.27. The molecule has 1 saturated carbocycles. The Kier molecular flexibility index (Phi) is 3.94. The van der Waals surface area contributed by atoms with E-state index < -0.39 is 0 Å². The van der Waals surface area contributed by atoms with Crippen molar-refractivity contribution in [3.63, 3.8) is 0 Å². The van der Waals surface area contributed by atoms with Crippen molar-refractivity contribution in [2.75, 3.05) is 6.54 Å². The molecule has 2 heteroatoms. The van der Waals surface area contributed by atoms with Gasteiger partial charge in [-0.3, -0.25) is 4.98 Å². The van der Waals surface area contributed by atoms with Gasteiger partial charge in [0.25, 0.3) is 0 Å². The monoisotopic (exact) mass is 218 g/mol. The van der Waals surface area contributed by atoms with Crippen molar-refractivity contribution in [2.45, 2.75) is 39.2 Å². The Morgan fingerprint density at radius 3 is 2.94 bits per heavy atom. The van der Waals surface area contributed by atoms with Crippen LogP contribution in [0.3, 0.4) is 0 Å². The van der Waals surface area contributed by atoms with E-state index in [0.717, 1.165) is 18.4 Å². The molecule has 0 aromatic carbocycles. The van der Waals surface area contributed by atoms with Gasteiger partial charge in [0.15, 0.2) is 0 Å². The zero-order valence-corrected chi connectivity index (χ0v) is 10.3. The summed E-state index contributed by atoms with van der Waals surface area (Å²) in [6.45, 7) is 5.60. The lowest BCUT2D eigenvalue weighted by Crippen LogP contribution is -2.29. The van der Waals surface area contributed by atoms with Gasteiger partial charge in [-0.2, -0.15) is 0 Å². The summed E-state index contributed by atoms with van der Waals surface area (Å²) in [5.41, 5.74) is 1.35. The summed E-state index contributed by atoms with van der Waals surface area (Å²) < 4.78 is 0. The van der Waals surface area contributed by atoms with Crippen molar-refractivity contribution in [2.24, 2.45) is 11.8 Å². The third-order valence-electron chi connectivity index (χ3n) is 3.82. The summed E-state index contributed by atoms with van der Waals surface area (Å²) in [5.74, 6) is 1.62. The zero-order chi connectivity index (χ0) is 11.4. The molecule has 0 bridgehead atoms. The summed E-state index contributed by atoms with van der Waals surface area (Å²) in [4.78, 5) is 4.24. The molecule has 1 aliphatic carbocycles. The molecule has 3 unspecified atom stereocenters. The Labute approximate surface area is 98.5 Å². The number of nitrogens with one attached hydrogen (secondary N) is 1. The van der Waals surface area contributed by atoms with Crippen LogP contribution in [-0.2, 0) is 0 Å². The first-order chi connectivity index (χ1) is 7.83. The second-order valence-electron chi connectivity index (χ2n) is 4.89. The molecule has 0 amide bonds. The van der Waals surface area contributed by atoms with E-state index in [9.17, 15) is 0 Å². The highest BCUT2D eigenvalue weighted by Gasteiger charge is 2.31. The van der Waals surface area contributed by atoms with E-state index >= 15 is 0 Å². The lowest BCUT2D eigenvalue weighted by atomic mass is 9.86. The fraction of sp³-hybridized carbons (Fsp3) is 0.643. The molecule has 1 heterocycles. The van der Waals surface area contributed by atoms with Crippen molar-refractivity contribution >= 4 is 0 Å². The highest BCUT2D eigenvalue weighted by Crippen LogP contribution is 2.39. The Balaban J connectivity index is 2.16. The fourth-order valence-electron chi connectivity index (χ4n) is 2.97. The smallest absolute Gasteiger partial charge is 0.0366 e. The Hall–Kier alpha value is -0.890. The molecule has 1 aromatic heterocycles. The molecule has 1 aliphatic rings. The van der Waals surface area contributed by atoms with Crippen LogP contribution in [0, 0.1) is 11.8 Å². The predicted molar refractivity (Wildman–Crippen MR) is 67.2 cm³/mol. The minimum Gasteiger partial charge on any atom is -0.310 e. The Morgan fingerprint density at radius 2 is 2.38 bits per heavy atom. The second kappa shape index (κ2) is 5.44.